The number of primary amides is 1. The van der Waals surface area contributed by atoms with E-state index >= 15 is 0 Å². The fourth-order valence-corrected chi connectivity index (χ4v) is 3.97. The van der Waals surface area contributed by atoms with Crippen LogP contribution in [0.5, 0.6) is 5.75 Å². The van der Waals surface area contributed by atoms with Crippen LogP contribution in [0.1, 0.15) is 12.0 Å². The third kappa shape index (κ3) is 4.86. The molecule has 3 aromatic rings. The van der Waals surface area contributed by atoms with Gasteiger partial charge in [0.2, 0.25) is 5.91 Å². The van der Waals surface area contributed by atoms with Crippen molar-refractivity contribution in [3.8, 4) is 16.5 Å². The van der Waals surface area contributed by atoms with Crippen molar-refractivity contribution in [2.24, 2.45) is 5.73 Å². The molecule has 8 heteroatoms. The van der Waals surface area contributed by atoms with E-state index in [9.17, 15) is 4.79 Å². The number of amides is 1. The molecule has 2 N–H and O–H groups in total. The molecular formula is C18H20N4O2S2. The van der Waals surface area contributed by atoms with Crippen LogP contribution in [0.2, 0.25) is 0 Å². The summed E-state index contributed by atoms with van der Waals surface area (Å²) in [6.45, 7) is 2.74. The van der Waals surface area contributed by atoms with E-state index in [1.54, 1.807) is 27.7 Å². The van der Waals surface area contributed by atoms with Crippen LogP contribution in [0.15, 0.2) is 46.9 Å². The number of rotatable bonds is 9. The van der Waals surface area contributed by atoms with Crippen LogP contribution in [0.3, 0.4) is 0 Å². The second-order valence-corrected chi connectivity index (χ2v) is 7.71. The molecule has 0 spiro atoms. The van der Waals surface area contributed by atoms with Gasteiger partial charge in [-0.2, -0.15) is 0 Å². The lowest BCUT2D eigenvalue weighted by Gasteiger charge is -2.08. The Bertz CT molecular complexity index is 862. The van der Waals surface area contributed by atoms with Gasteiger partial charge in [-0.15, -0.1) is 21.5 Å². The van der Waals surface area contributed by atoms with Crippen molar-refractivity contribution in [2.45, 2.75) is 25.0 Å². The molecule has 136 valence electrons. The quantitative estimate of drug-likeness (QED) is 0.449. The van der Waals surface area contributed by atoms with Crippen molar-refractivity contribution in [1.82, 2.24) is 14.8 Å². The van der Waals surface area contributed by atoms with Crippen LogP contribution >= 0.6 is 23.1 Å². The fourth-order valence-electron chi connectivity index (χ4n) is 2.40. The van der Waals surface area contributed by atoms with E-state index < -0.39 is 5.91 Å². The molecule has 6 nitrogen and oxygen atoms in total. The normalized spacial score (nSPS) is 10.8. The van der Waals surface area contributed by atoms with Gasteiger partial charge in [-0.25, -0.2) is 0 Å². The molecule has 1 aromatic carbocycles. The molecule has 0 saturated carbocycles. The SMILES string of the molecule is Cc1cccc(OCCCSc2nnc(-c3cccs3)n2CC(N)=O)c1. The van der Waals surface area contributed by atoms with Gasteiger partial charge < -0.3 is 10.5 Å². The Balaban J connectivity index is 1.56. The zero-order valence-corrected chi connectivity index (χ0v) is 16.1. The van der Waals surface area contributed by atoms with Crippen molar-refractivity contribution in [1.29, 1.82) is 0 Å². The second kappa shape index (κ2) is 8.86. The summed E-state index contributed by atoms with van der Waals surface area (Å²) >= 11 is 3.11. The topological polar surface area (TPSA) is 83.0 Å². The van der Waals surface area contributed by atoms with Gasteiger partial charge in [-0.05, 0) is 42.5 Å². The minimum absolute atomic E-state index is 0.0718. The Kier molecular flexibility index (Phi) is 6.30. The van der Waals surface area contributed by atoms with Crippen LogP contribution < -0.4 is 10.5 Å². The number of nitrogens with zero attached hydrogens (tertiary/aromatic N) is 3. The van der Waals surface area contributed by atoms with E-state index in [2.05, 4.69) is 10.2 Å². The smallest absolute Gasteiger partial charge is 0.237 e. The van der Waals surface area contributed by atoms with Gasteiger partial charge in [0, 0.05) is 5.75 Å². The summed E-state index contributed by atoms with van der Waals surface area (Å²) in [5, 5.41) is 11.1. The predicted octanol–water partition coefficient (Wildman–Crippen LogP) is 3.36. The highest BCUT2D eigenvalue weighted by Crippen LogP contribution is 2.27. The van der Waals surface area contributed by atoms with E-state index in [-0.39, 0.29) is 6.54 Å². The first-order chi connectivity index (χ1) is 12.6. The van der Waals surface area contributed by atoms with Crippen LogP contribution in [-0.4, -0.2) is 33.0 Å². The fraction of sp³-hybridized carbons (Fsp3) is 0.278. The third-order valence-corrected chi connectivity index (χ3v) is 5.47. The van der Waals surface area contributed by atoms with Crippen molar-refractivity contribution < 1.29 is 9.53 Å². The number of hydrogen-bond acceptors (Lipinski definition) is 6. The van der Waals surface area contributed by atoms with Crippen LogP contribution in [0, 0.1) is 6.92 Å². The third-order valence-electron chi connectivity index (χ3n) is 3.55. The number of benzene rings is 1. The summed E-state index contributed by atoms with van der Waals surface area (Å²) in [4.78, 5) is 12.4. The highest BCUT2D eigenvalue weighted by molar-refractivity contribution is 7.99. The van der Waals surface area contributed by atoms with E-state index in [1.165, 1.54) is 5.56 Å². The molecule has 0 aliphatic rings. The Morgan fingerprint density at radius 1 is 1.31 bits per heavy atom. The standard InChI is InChI=1S/C18H20N4O2S2/c1-13-5-2-6-14(11-13)24-8-4-10-26-18-21-20-17(15-7-3-9-25-15)22(18)12-16(19)23/h2-3,5-7,9,11H,4,8,10,12H2,1H3,(H2,19,23). The average Bonchev–Trinajstić information content (AvgIpc) is 3.24. The van der Waals surface area contributed by atoms with E-state index in [0.717, 1.165) is 22.8 Å². The first-order valence-corrected chi connectivity index (χ1v) is 10.1. The van der Waals surface area contributed by atoms with Crippen molar-refractivity contribution in [3.63, 3.8) is 0 Å². The van der Waals surface area contributed by atoms with Crippen molar-refractivity contribution >= 4 is 29.0 Å². The summed E-state index contributed by atoms with van der Waals surface area (Å²) < 4.78 is 7.53. The Morgan fingerprint density at radius 2 is 2.19 bits per heavy atom. The van der Waals surface area contributed by atoms with Crippen LogP contribution in [-0.2, 0) is 11.3 Å². The number of aryl methyl sites for hydroxylation is 1. The highest BCUT2D eigenvalue weighted by Gasteiger charge is 2.16. The molecule has 0 radical (unpaired) electrons. The number of thiophene rings is 1. The molecule has 0 aliphatic heterocycles. The zero-order valence-electron chi connectivity index (χ0n) is 14.4. The molecule has 26 heavy (non-hydrogen) atoms. The minimum atomic E-state index is -0.410. The molecule has 2 aromatic heterocycles. The number of thioether (sulfide) groups is 1. The van der Waals surface area contributed by atoms with Gasteiger partial charge in [0.15, 0.2) is 11.0 Å². The van der Waals surface area contributed by atoms with Crippen molar-refractivity contribution in [2.75, 3.05) is 12.4 Å². The summed E-state index contributed by atoms with van der Waals surface area (Å²) in [5.74, 6) is 1.96. The molecule has 0 unspecified atom stereocenters. The lowest BCUT2D eigenvalue weighted by molar-refractivity contribution is -0.118. The lowest BCUT2D eigenvalue weighted by Crippen LogP contribution is -2.19. The van der Waals surface area contributed by atoms with Crippen LogP contribution in [0.4, 0.5) is 0 Å². The van der Waals surface area contributed by atoms with E-state index in [4.69, 9.17) is 10.5 Å². The Labute approximate surface area is 160 Å². The summed E-state index contributed by atoms with van der Waals surface area (Å²) in [7, 11) is 0. The number of hydrogen-bond donors (Lipinski definition) is 1. The minimum Gasteiger partial charge on any atom is -0.494 e. The van der Waals surface area contributed by atoms with Gasteiger partial charge in [0.05, 0.1) is 11.5 Å². The van der Waals surface area contributed by atoms with Crippen molar-refractivity contribution in [3.05, 3.63) is 47.3 Å². The maximum absolute atomic E-state index is 11.4. The van der Waals surface area contributed by atoms with Gasteiger partial charge in [0.1, 0.15) is 12.3 Å². The maximum Gasteiger partial charge on any atom is 0.237 e. The summed E-state index contributed by atoms with van der Waals surface area (Å²) in [6.07, 6.45) is 0.858. The molecule has 0 aliphatic carbocycles. The van der Waals surface area contributed by atoms with Crippen LogP contribution in [0.25, 0.3) is 10.7 Å². The van der Waals surface area contributed by atoms with Gasteiger partial charge in [-0.1, -0.05) is 30.0 Å². The Hall–Kier alpha value is -2.32. The molecule has 2 heterocycles. The molecule has 0 atom stereocenters. The molecule has 0 saturated heterocycles. The molecule has 1 amide bonds. The summed E-state index contributed by atoms with van der Waals surface area (Å²) in [5.41, 5.74) is 6.56. The number of nitrogens with two attached hydrogens (primary N) is 1. The summed E-state index contributed by atoms with van der Waals surface area (Å²) in [6, 6.07) is 11.9. The molecule has 0 fully saturated rings. The number of ether oxygens (including phenoxy) is 1. The highest BCUT2D eigenvalue weighted by atomic mass is 32.2. The first kappa shape index (κ1) is 18.5. The second-order valence-electron chi connectivity index (χ2n) is 5.70. The molecule has 3 rings (SSSR count). The number of carbonyl (C=O) groups excluding carboxylic acids is 1. The average molecular weight is 389 g/mol. The maximum atomic E-state index is 11.4. The van der Waals surface area contributed by atoms with E-state index in [1.807, 2.05) is 48.7 Å². The Morgan fingerprint density at radius 3 is 2.92 bits per heavy atom. The molecule has 0 bridgehead atoms. The zero-order chi connectivity index (χ0) is 18.4. The van der Waals surface area contributed by atoms with Gasteiger partial charge in [-0.3, -0.25) is 9.36 Å². The monoisotopic (exact) mass is 388 g/mol. The number of carbonyl (C=O) groups is 1. The largest absolute Gasteiger partial charge is 0.494 e. The van der Waals surface area contributed by atoms with Gasteiger partial charge >= 0.3 is 0 Å². The number of aromatic nitrogens is 3. The molecular weight excluding hydrogens is 368 g/mol. The lowest BCUT2D eigenvalue weighted by atomic mass is 10.2. The predicted molar refractivity (Wildman–Crippen MR) is 105 cm³/mol. The van der Waals surface area contributed by atoms with E-state index in [0.29, 0.717) is 17.6 Å². The van der Waals surface area contributed by atoms with Gasteiger partial charge in [0.25, 0.3) is 0 Å². The first-order valence-electron chi connectivity index (χ1n) is 8.21.